The van der Waals surface area contributed by atoms with E-state index in [4.69, 9.17) is 5.73 Å². The van der Waals surface area contributed by atoms with Crippen LogP contribution in [0, 0.1) is 0 Å². The van der Waals surface area contributed by atoms with Crippen molar-refractivity contribution in [2.45, 2.75) is 25.4 Å². The molecule has 0 radical (unpaired) electrons. The van der Waals surface area contributed by atoms with Gasteiger partial charge in [0.05, 0.1) is 10.2 Å². The molecule has 1 saturated heterocycles. The van der Waals surface area contributed by atoms with Crippen molar-refractivity contribution >= 4 is 32.6 Å². The summed E-state index contributed by atoms with van der Waals surface area (Å²) in [5.41, 5.74) is 7.13. The molecular weight excluding hydrogens is 352 g/mol. The van der Waals surface area contributed by atoms with E-state index in [1.807, 2.05) is 28.6 Å². The second-order valence-electron chi connectivity index (χ2n) is 6.52. The van der Waals surface area contributed by atoms with Gasteiger partial charge in [0.15, 0.2) is 11.0 Å². The molecular formula is C17H20N6O2S. The minimum atomic E-state index is -0.143. The minimum Gasteiger partial charge on any atom is -0.388 e. The van der Waals surface area contributed by atoms with Crippen LogP contribution in [0.3, 0.4) is 0 Å². The Balaban J connectivity index is 1.56. The van der Waals surface area contributed by atoms with Crippen LogP contribution in [0.25, 0.3) is 10.2 Å². The highest BCUT2D eigenvalue weighted by molar-refractivity contribution is 7.22. The number of hydrogen-bond acceptors (Lipinski definition) is 7. The Hall–Kier alpha value is -2.52. The van der Waals surface area contributed by atoms with Crippen LogP contribution >= 0.6 is 11.3 Å². The minimum absolute atomic E-state index is 0.00674. The summed E-state index contributed by atoms with van der Waals surface area (Å²) in [5.74, 6) is 1.46. The number of rotatable bonds is 3. The highest BCUT2D eigenvalue weighted by atomic mass is 32.1. The number of benzene rings is 1. The van der Waals surface area contributed by atoms with Gasteiger partial charge in [0.2, 0.25) is 0 Å². The predicted molar refractivity (Wildman–Crippen MR) is 98.8 cm³/mol. The van der Waals surface area contributed by atoms with Crippen LogP contribution in [0.4, 0.5) is 5.13 Å². The summed E-state index contributed by atoms with van der Waals surface area (Å²) in [6.45, 7) is 1.17. The number of nitrogens with zero attached hydrogens (tertiary/aromatic N) is 5. The summed E-state index contributed by atoms with van der Waals surface area (Å²) in [4.78, 5) is 19.1. The van der Waals surface area contributed by atoms with Crippen LogP contribution in [0.2, 0.25) is 0 Å². The largest absolute Gasteiger partial charge is 0.388 e. The zero-order valence-corrected chi connectivity index (χ0v) is 15.2. The topological polar surface area (TPSA) is 110 Å². The second kappa shape index (κ2) is 6.65. The summed E-state index contributed by atoms with van der Waals surface area (Å²) < 4.78 is 2.80. The Kier molecular flexibility index (Phi) is 4.33. The Morgan fingerprint density at radius 2 is 2.27 bits per heavy atom. The third kappa shape index (κ3) is 2.93. The molecule has 3 heterocycles. The van der Waals surface area contributed by atoms with Crippen molar-refractivity contribution in [3.63, 3.8) is 0 Å². The molecule has 136 valence electrons. The summed E-state index contributed by atoms with van der Waals surface area (Å²) in [6.07, 6.45) is 1.85. The number of carbonyl (C=O) groups excluding carboxylic acids is 1. The van der Waals surface area contributed by atoms with Gasteiger partial charge in [0.1, 0.15) is 12.4 Å². The fraction of sp³-hybridized carbons (Fsp3) is 0.412. The average Bonchev–Trinajstić information content (AvgIpc) is 3.21. The van der Waals surface area contributed by atoms with E-state index < -0.39 is 0 Å². The first-order valence-corrected chi connectivity index (χ1v) is 9.33. The molecule has 1 aliphatic heterocycles. The maximum absolute atomic E-state index is 13.0. The molecule has 3 N–H and O–H groups in total. The number of likely N-dealkylation sites (tertiary alicyclic amines) is 1. The molecule has 1 atom stereocenters. The normalized spacial score (nSPS) is 17.8. The zero-order valence-electron chi connectivity index (χ0n) is 14.4. The van der Waals surface area contributed by atoms with Crippen molar-refractivity contribution < 1.29 is 9.90 Å². The monoisotopic (exact) mass is 372 g/mol. The lowest BCUT2D eigenvalue weighted by molar-refractivity contribution is 0.0703. The molecule has 0 bridgehead atoms. The Bertz CT molecular complexity index is 965. The molecule has 1 aromatic carbocycles. The van der Waals surface area contributed by atoms with Gasteiger partial charge in [0, 0.05) is 31.6 Å². The molecule has 1 amide bonds. The van der Waals surface area contributed by atoms with Gasteiger partial charge in [0.25, 0.3) is 5.91 Å². The van der Waals surface area contributed by atoms with Crippen LogP contribution < -0.4 is 5.73 Å². The number of anilines is 1. The number of thiazole rings is 1. The molecule has 2 aromatic heterocycles. The van der Waals surface area contributed by atoms with Gasteiger partial charge in [-0.15, -0.1) is 10.2 Å². The lowest BCUT2D eigenvalue weighted by atomic mass is 9.96. The molecule has 26 heavy (non-hydrogen) atoms. The van der Waals surface area contributed by atoms with Crippen molar-refractivity contribution in [1.29, 1.82) is 0 Å². The molecule has 9 heteroatoms. The van der Waals surface area contributed by atoms with E-state index in [1.54, 1.807) is 6.07 Å². The Morgan fingerprint density at radius 3 is 3.04 bits per heavy atom. The van der Waals surface area contributed by atoms with Gasteiger partial charge in [-0.1, -0.05) is 11.3 Å². The first-order valence-electron chi connectivity index (χ1n) is 8.51. The second-order valence-corrected chi connectivity index (χ2v) is 7.58. The van der Waals surface area contributed by atoms with E-state index in [0.29, 0.717) is 23.1 Å². The first kappa shape index (κ1) is 16.9. The molecule has 3 aromatic rings. The summed E-state index contributed by atoms with van der Waals surface area (Å²) >= 11 is 1.42. The van der Waals surface area contributed by atoms with E-state index in [0.717, 1.165) is 35.4 Å². The smallest absolute Gasteiger partial charge is 0.253 e. The van der Waals surface area contributed by atoms with E-state index in [2.05, 4.69) is 15.2 Å². The number of hydrogen-bond donors (Lipinski definition) is 2. The number of aromatic nitrogens is 4. The maximum atomic E-state index is 13.0. The van der Waals surface area contributed by atoms with E-state index in [1.165, 1.54) is 11.3 Å². The van der Waals surface area contributed by atoms with Gasteiger partial charge in [-0.2, -0.15) is 0 Å². The molecule has 8 nitrogen and oxygen atoms in total. The number of aliphatic hydroxyl groups excluding tert-OH is 1. The van der Waals surface area contributed by atoms with Gasteiger partial charge in [-0.25, -0.2) is 4.98 Å². The maximum Gasteiger partial charge on any atom is 0.253 e. The molecule has 1 aliphatic rings. The van der Waals surface area contributed by atoms with E-state index >= 15 is 0 Å². The van der Waals surface area contributed by atoms with Gasteiger partial charge >= 0.3 is 0 Å². The van der Waals surface area contributed by atoms with Crippen LogP contribution in [0.5, 0.6) is 0 Å². The molecule has 1 fully saturated rings. The highest BCUT2D eigenvalue weighted by Crippen LogP contribution is 2.28. The summed E-state index contributed by atoms with van der Waals surface area (Å²) in [7, 11) is 1.85. The number of aliphatic hydroxyl groups is 1. The summed E-state index contributed by atoms with van der Waals surface area (Å²) in [6, 6.07) is 5.53. The number of nitrogen functional groups attached to an aromatic ring is 1. The molecule has 4 rings (SSSR count). The third-order valence-electron chi connectivity index (χ3n) is 4.86. The number of nitrogens with two attached hydrogens (primary N) is 1. The number of amides is 1. The van der Waals surface area contributed by atoms with Crippen LogP contribution in [0.15, 0.2) is 18.2 Å². The molecule has 0 saturated carbocycles. The molecule has 0 spiro atoms. The third-order valence-corrected chi connectivity index (χ3v) is 5.73. The van der Waals surface area contributed by atoms with Crippen LogP contribution in [0.1, 0.15) is 40.8 Å². The van der Waals surface area contributed by atoms with Crippen molar-refractivity contribution in [2.75, 3.05) is 18.8 Å². The predicted octanol–water partition coefficient (Wildman–Crippen LogP) is 1.52. The Morgan fingerprint density at radius 1 is 1.42 bits per heavy atom. The van der Waals surface area contributed by atoms with Crippen molar-refractivity contribution in [3.8, 4) is 0 Å². The fourth-order valence-electron chi connectivity index (χ4n) is 3.50. The SMILES string of the molecule is Cn1c(CO)nnc1C1CCCN(C(=O)c2ccc3sc(N)nc3c2)C1. The van der Waals surface area contributed by atoms with Gasteiger partial charge < -0.3 is 20.3 Å². The number of carbonyl (C=O) groups is 1. The zero-order chi connectivity index (χ0) is 18.3. The number of piperidine rings is 1. The van der Waals surface area contributed by atoms with E-state index in [-0.39, 0.29) is 18.4 Å². The molecule has 1 unspecified atom stereocenters. The Labute approximate surface area is 154 Å². The van der Waals surface area contributed by atoms with Gasteiger partial charge in [-0.05, 0) is 31.0 Å². The standard InChI is InChI=1S/C17H20N6O2S/c1-22-14(9-24)20-21-15(22)11-3-2-6-23(8-11)16(25)10-4-5-13-12(7-10)19-17(18)26-13/h4-5,7,11,24H,2-3,6,8-9H2,1H3,(H2,18,19). The highest BCUT2D eigenvalue weighted by Gasteiger charge is 2.29. The quantitative estimate of drug-likeness (QED) is 0.721. The van der Waals surface area contributed by atoms with Crippen molar-refractivity contribution in [2.24, 2.45) is 7.05 Å². The van der Waals surface area contributed by atoms with Crippen LogP contribution in [-0.2, 0) is 13.7 Å². The average molecular weight is 372 g/mol. The first-order chi connectivity index (χ1) is 12.6. The fourth-order valence-corrected chi connectivity index (χ4v) is 4.22. The van der Waals surface area contributed by atoms with E-state index in [9.17, 15) is 9.90 Å². The lowest BCUT2D eigenvalue weighted by Gasteiger charge is -2.32. The summed E-state index contributed by atoms with van der Waals surface area (Å²) in [5, 5.41) is 18.0. The molecule has 0 aliphatic carbocycles. The number of fused-ring (bicyclic) bond motifs is 1. The van der Waals surface area contributed by atoms with Crippen LogP contribution in [-0.4, -0.2) is 48.8 Å². The lowest BCUT2D eigenvalue weighted by Crippen LogP contribution is -2.39. The van der Waals surface area contributed by atoms with Crippen molar-refractivity contribution in [1.82, 2.24) is 24.6 Å². The van der Waals surface area contributed by atoms with Crippen molar-refractivity contribution in [3.05, 3.63) is 35.4 Å². The van der Waals surface area contributed by atoms with Gasteiger partial charge in [-0.3, -0.25) is 4.79 Å².